The van der Waals surface area contributed by atoms with Crippen LogP contribution in [0.4, 0.5) is 0 Å². The summed E-state index contributed by atoms with van der Waals surface area (Å²) in [5.74, 6) is 0. The molecule has 0 aliphatic rings. The lowest BCUT2D eigenvalue weighted by Gasteiger charge is -2.37. The van der Waals surface area contributed by atoms with E-state index < -0.39 is 8.07 Å². The van der Waals surface area contributed by atoms with Crippen LogP contribution in [0.3, 0.4) is 0 Å². The standard InChI is InChI=1S/C60H41NOSi/c1-6-21-42(22-7-1)45-27-20-32-48(39-45)63(46-28-12-4-13-29-46,47-30-14-5-15-31-47)58-38-37-49(43-23-8-2-9-24-43)60(59(58)44-25-10-3-11-26-44)61-54-35-18-16-33-50(54)52-40-53-51-34-17-19-36-56(51)62-57(53)41-55(52)61/h1-41H. The fourth-order valence-electron chi connectivity index (χ4n) is 10.2. The van der Waals surface area contributed by atoms with Crippen molar-refractivity contribution in [3.8, 4) is 39.1 Å². The van der Waals surface area contributed by atoms with Crippen molar-refractivity contribution in [1.29, 1.82) is 0 Å². The molecule has 0 N–H and O–H groups in total. The molecule has 0 saturated carbocycles. The molecule has 2 heterocycles. The summed E-state index contributed by atoms with van der Waals surface area (Å²) in [7, 11) is -3.19. The van der Waals surface area contributed by atoms with Gasteiger partial charge in [-0.15, -0.1) is 0 Å². The average molecular weight is 820 g/mol. The van der Waals surface area contributed by atoms with Crippen molar-refractivity contribution in [3.05, 3.63) is 249 Å². The maximum Gasteiger partial charge on any atom is 0.180 e. The predicted molar refractivity (Wildman–Crippen MR) is 268 cm³/mol. The molecule has 10 aromatic carbocycles. The highest BCUT2D eigenvalue weighted by Gasteiger charge is 2.44. The van der Waals surface area contributed by atoms with Crippen molar-refractivity contribution < 1.29 is 4.42 Å². The molecule has 0 aliphatic heterocycles. The third-order valence-electron chi connectivity index (χ3n) is 12.9. The van der Waals surface area contributed by atoms with Crippen LogP contribution in [-0.2, 0) is 0 Å². The Hall–Kier alpha value is -7.98. The minimum absolute atomic E-state index is 0.876. The lowest BCUT2D eigenvalue weighted by Crippen LogP contribution is -2.75. The third-order valence-corrected chi connectivity index (χ3v) is 17.7. The number of aromatic nitrogens is 1. The van der Waals surface area contributed by atoms with Crippen molar-refractivity contribution >= 4 is 72.6 Å². The van der Waals surface area contributed by atoms with Crippen LogP contribution in [0.15, 0.2) is 253 Å². The number of fused-ring (bicyclic) bond motifs is 6. The molecule has 3 heteroatoms. The Morgan fingerprint density at radius 3 is 1.54 bits per heavy atom. The summed E-state index contributed by atoms with van der Waals surface area (Å²) < 4.78 is 9.21. The summed E-state index contributed by atoms with van der Waals surface area (Å²) in [5.41, 5.74) is 12.3. The van der Waals surface area contributed by atoms with Gasteiger partial charge in [0, 0.05) is 38.7 Å². The van der Waals surface area contributed by atoms with E-state index >= 15 is 0 Å². The van der Waals surface area contributed by atoms with E-state index in [1.165, 1.54) is 53.8 Å². The molecule has 0 amide bonds. The van der Waals surface area contributed by atoms with Gasteiger partial charge in [-0.05, 0) is 61.2 Å². The van der Waals surface area contributed by atoms with Gasteiger partial charge in [-0.1, -0.05) is 224 Å². The molecule has 0 bridgehead atoms. The van der Waals surface area contributed by atoms with Crippen molar-refractivity contribution in [1.82, 2.24) is 4.57 Å². The quantitative estimate of drug-likeness (QED) is 0.110. The van der Waals surface area contributed by atoms with Gasteiger partial charge >= 0.3 is 0 Å². The minimum atomic E-state index is -3.19. The van der Waals surface area contributed by atoms with Gasteiger partial charge in [0.1, 0.15) is 11.2 Å². The van der Waals surface area contributed by atoms with Gasteiger partial charge in [0.25, 0.3) is 0 Å². The first kappa shape index (κ1) is 36.8. The zero-order chi connectivity index (χ0) is 41.7. The van der Waals surface area contributed by atoms with Crippen molar-refractivity contribution in [2.45, 2.75) is 0 Å². The first-order chi connectivity index (χ1) is 31.3. The van der Waals surface area contributed by atoms with E-state index in [1.807, 2.05) is 0 Å². The summed E-state index contributed by atoms with van der Waals surface area (Å²) in [6.45, 7) is 0. The van der Waals surface area contributed by atoms with E-state index in [-0.39, 0.29) is 0 Å². The molecule has 0 unspecified atom stereocenters. The summed E-state index contributed by atoms with van der Waals surface area (Å²) >= 11 is 0. The zero-order valence-corrected chi connectivity index (χ0v) is 35.5. The van der Waals surface area contributed by atoms with E-state index in [4.69, 9.17) is 4.42 Å². The van der Waals surface area contributed by atoms with Crippen LogP contribution < -0.4 is 20.7 Å². The van der Waals surface area contributed by atoms with Crippen molar-refractivity contribution in [2.75, 3.05) is 0 Å². The molecule has 0 saturated heterocycles. The highest BCUT2D eigenvalue weighted by molar-refractivity contribution is 7.20. The number of nitrogens with zero attached hydrogens (tertiary/aromatic N) is 1. The van der Waals surface area contributed by atoms with Gasteiger partial charge in [0.2, 0.25) is 0 Å². The fraction of sp³-hybridized carbons (Fsp3) is 0. The second kappa shape index (κ2) is 15.2. The van der Waals surface area contributed by atoms with E-state index in [9.17, 15) is 0 Å². The highest BCUT2D eigenvalue weighted by Crippen LogP contribution is 2.43. The summed E-state index contributed by atoms with van der Waals surface area (Å²) in [6, 6.07) is 91.6. The molecule has 0 radical (unpaired) electrons. The smallest absolute Gasteiger partial charge is 0.180 e. The summed E-state index contributed by atoms with van der Waals surface area (Å²) in [6.07, 6.45) is 0. The molecule has 0 aliphatic carbocycles. The van der Waals surface area contributed by atoms with Gasteiger partial charge in [-0.3, -0.25) is 0 Å². The second-order valence-corrected chi connectivity index (χ2v) is 20.1. The molecular weight excluding hydrogens is 779 g/mol. The van der Waals surface area contributed by atoms with Crippen LogP contribution in [-0.4, -0.2) is 12.6 Å². The molecule has 0 spiro atoms. The number of hydrogen-bond acceptors (Lipinski definition) is 1. The van der Waals surface area contributed by atoms with Crippen LogP contribution >= 0.6 is 0 Å². The number of benzene rings is 10. The second-order valence-electron chi connectivity index (χ2n) is 16.4. The number of furan rings is 1. The molecule has 0 fully saturated rings. The molecule has 63 heavy (non-hydrogen) atoms. The summed E-state index contributed by atoms with van der Waals surface area (Å²) in [5, 5.41) is 9.93. The largest absolute Gasteiger partial charge is 0.456 e. The molecular formula is C60H41NOSi. The topological polar surface area (TPSA) is 18.1 Å². The number of hydrogen-bond donors (Lipinski definition) is 0. The van der Waals surface area contributed by atoms with Gasteiger partial charge in [0.05, 0.1) is 16.7 Å². The van der Waals surface area contributed by atoms with Gasteiger partial charge < -0.3 is 8.98 Å². The maximum absolute atomic E-state index is 6.67. The molecule has 12 aromatic rings. The molecule has 2 nitrogen and oxygen atoms in total. The van der Waals surface area contributed by atoms with Gasteiger partial charge in [-0.2, -0.15) is 0 Å². The van der Waals surface area contributed by atoms with Crippen LogP contribution in [0.25, 0.3) is 82.8 Å². The Morgan fingerprint density at radius 2 is 0.857 bits per heavy atom. The zero-order valence-electron chi connectivity index (χ0n) is 34.5. The van der Waals surface area contributed by atoms with Gasteiger partial charge in [-0.25, -0.2) is 0 Å². The van der Waals surface area contributed by atoms with E-state index in [0.29, 0.717) is 0 Å². The Morgan fingerprint density at radius 1 is 0.317 bits per heavy atom. The number of rotatable bonds is 8. The van der Waals surface area contributed by atoms with Crippen molar-refractivity contribution in [3.63, 3.8) is 0 Å². The normalized spacial score (nSPS) is 11.8. The summed E-state index contributed by atoms with van der Waals surface area (Å²) in [4.78, 5) is 0. The van der Waals surface area contributed by atoms with Gasteiger partial charge in [0.15, 0.2) is 8.07 Å². The Bertz CT molecular complexity index is 3560. The predicted octanol–water partition coefficient (Wildman–Crippen LogP) is 13.1. The van der Waals surface area contributed by atoms with Crippen LogP contribution in [0.5, 0.6) is 0 Å². The monoisotopic (exact) mass is 819 g/mol. The molecule has 296 valence electrons. The number of para-hydroxylation sites is 2. The third kappa shape index (κ3) is 5.93. The molecule has 0 atom stereocenters. The maximum atomic E-state index is 6.67. The Labute approximate surface area is 367 Å². The first-order valence-corrected chi connectivity index (χ1v) is 23.7. The minimum Gasteiger partial charge on any atom is -0.456 e. The molecule has 12 rings (SSSR count). The Balaban J connectivity index is 1.30. The SMILES string of the molecule is c1ccc(-c2cccc([Si](c3ccccc3)(c3ccccc3)c3ccc(-c4ccccc4)c(-n4c5ccccc5c5cc6c(cc54)oc4ccccc46)c3-c3ccccc3)c2)cc1. The van der Waals surface area contributed by atoms with Crippen LogP contribution in [0.1, 0.15) is 0 Å². The molecule has 2 aromatic heterocycles. The van der Waals surface area contributed by atoms with Crippen molar-refractivity contribution in [2.24, 2.45) is 0 Å². The lowest BCUT2D eigenvalue weighted by molar-refractivity contribution is 0.669. The fourth-order valence-corrected chi connectivity index (χ4v) is 15.2. The van der Waals surface area contributed by atoms with E-state index in [0.717, 1.165) is 49.8 Å². The Kier molecular flexibility index (Phi) is 8.87. The van der Waals surface area contributed by atoms with Crippen LogP contribution in [0, 0.1) is 0 Å². The highest BCUT2D eigenvalue weighted by atomic mass is 28.3. The van der Waals surface area contributed by atoms with E-state index in [1.54, 1.807) is 0 Å². The van der Waals surface area contributed by atoms with Crippen LogP contribution in [0.2, 0.25) is 0 Å². The average Bonchev–Trinajstić information content (AvgIpc) is 3.89. The van der Waals surface area contributed by atoms with E-state index in [2.05, 4.69) is 253 Å². The first-order valence-electron chi connectivity index (χ1n) is 21.7. The lowest BCUT2D eigenvalue weighted by atomic mass is 9.95.